The standard InChI is InChI=1S/C26H18Cl2F4N6O/c1-13-24(14(2)37(35-13)12-16-5-8-18(29)9-19(16)28)34-25(39)21-11-23-33-20(15-3-6-17(27)7-4-15)10-22(26(30,31)32)38(23)36-21/h3-11H,12H2,1-2H3,(H,34,39). The summed E-state index contributed by atoms with van der Waals surface area (Å²) in [4.78, 5) is 17.4. The molecule has 0 aliphatic rings. The molecule has 200 valence electrons. The lowest BCUT2D eigenvalue weighted by Gasteiger charge is -2.11. The van der Waals surface area contributed by atoms with Gasteiger partial charge >= 0.3 is 6.18 Å². The van der Waals surface area contributed by atoms with Gasteiger partial charge in [0.1, 0.15) is 5.82 Å². The number of hydrogen-bond donors (Lipinski definition) is 1. The number of amides is 1. The van der Waals surface area contributed by atoms with Crippen LogP contribution in [0.1, 0.15) is 33.1 Å². The molecular weight excluding hydrogens is 559 g/mol. The number of rotatable bonds is 5. The molecular formula is C26H18Cl2F4N6O. The number of nitrogens with one attached hydrogen (secondary N) is 1. The molecule has 3 aromatic heterocycles. The highest BCUT2D eigenvalue weighted by atomic mass is 35.5. The van der Waals surface area contributed by atoms with Gasteiger partial charge in [0.15, 0.2) is 17.0 Å². The van der Waals surface area contributed by atoms with Gasteiger partial charge in [-0.05, 0) is 49.7 Å². The lowest BCUT2D eigenvalue weighted by Crippen LogP contribution is -2.16. The summed E-state index contributed by atoms with van der Waals surface area (Å²) >= 11 is 12.0. The fraction of sp³-hybridized carbons (Fsp3) is 0.154. The van der Waals surface area contributed by atoms with E-state index in [1.165, 1.54) is 24.3 Å². The van der Waals surface area contributed by atoms with E-state index in [2.05, 4.69) is 20.5 Å². The fourth-order valence-corrected chi connectivity index (χ4v) is 4.43. The Labute approximate surface area is 229 Å². The molecule has 5 aromatic rings. The van der Waals surface area contributed by atoms with E-state index in [1.54, 1.807) is 42.8 Å². The van der Waals surface area contributed by atoms with Gasteiger partial charge in [-0.3, -0.25) is 9.48 Å². The van der Waals surface area contributed by atoms with Crippen LogP contribution in [0.25, 0.3) is 16.9 Å². The Morgan fingerprint density at radius 3 is 2.38 bits per heavy atom. The molecule has 0 aliphatic heterocycles. The minimum atomic E-state index is -4.77. The predicted molar refractivity (Wildman–Crippen MR) is 139 cm³/mol. The molecule has 0 spiro atoms. The molecule has 7 nitrogen and oxygen atoms in total. The second-order valence-corrected chi connectivity index (χ2v) is 9.57. The Hall–Kier alpha value is -3.96. The van der Waals surface area contributed by atoms with Crippen LogP contribution < -0.4 is 5.32 Å². The summed E-state index contributed by atoms with van der Waals surface area (Å²) in [7, 11) is 0. The Kier molecular flexibility index (Phi) is 6.81. The zero-order chi connectivity index (χ0) is 28.1. The molecule has 0 atom stereocenters. The van der Waals surface area contributed by atoms with Crippen molar-refractivity contribution in [2.24, 2.45) is 0 Å². The van der Waals surface area contributed by atoms with Crippen LogP contribution in [0.15, 0.2) is 54.6 Å². The van der Waals surface area contributed by atoms with Crippen molar-refractivity contribution in [3.05, 3.63) is 98.8 Å². The van der Waals surface area contributed by atoms with E-state index in [4.69, 9.17) is 23.2 Å². The van der Waals surface area contributed by atoms with Gasteiger partial charge in [0.2, 0.25) is 0 Å². The van der Waals surface area contributed by atoms with E-state index in [9.17, 15) is 22.4 Å². The van der Waals surface area contributed by atoms with Gasteiger partial charge in [-0.15, -0.1) is 0 Å². The van der Waals surface area contributed by atoms with Crippen molar-refractivity contribution >= 4 is 40.4 Å². The minimum Gasteiger partial charge on any atom is -0.317 e. The Balaban J connectivity index is 1.47. The average Bonchev–Trinajstić information content (AvgIpc) is 3.41. The summed E-state index contributed by atoms with van der Waals surface area (Å²) in [5.41, 5.74) is 0.943. The highest BCUT2D eigenvalue weighted by molar-refractivity contribution is 6.31. The first kappa shape index (κ1) is 26.6. The average molecular weight is 577 g/mol. The van der Waals surface area contributed by atoms with Crippen molar-refractivity contribution in [1.29, 1.82) is 0 Å². The van der Waals surface area contributed by atoms with Crippen LogP contribution in [0.4, 0.5) is 23.2 Å². The fourth-order valence-electron chi connectivity index (χ4n) is 4.08. The largest absolute Gasteiger partial charge is 0.433 e. The number of aryl methyl sites for hydroxylation is 1. The maximum atomic E-state index is 13.9. The molecule has 0 saturated heterocycles. The normalized spacial score (nSPS) is 11.8. The third kappa shape index (κ3) is 5.32. The number of halogens is 6. The van der Waals surface area contributed by atoms with Gasteiger partial charge in [0.25, 0.3) is 5.91 Å². The first-order valence-corrected chi connectivity index (χ1v) is 12.2. The number of alkyl halides is 3. The van der Waals surface area contributed by atoms with Gasteiger partial charge in [-0.2, -0.15) is 23.4 Å². The number of carbonyl (C=O) groups is 1. The Morgan fingerprint density at radius 2 is 1.72 bits per heavy atom. The van der Waals surface area contributed by atoms with Crippen LogP contribution in [-0.4, -0.2) is 30.3 Å². The van der Waals surface area contributed by atoms with Crippen LogP contribution in [0.3, 0.4) is 0 Å². The first-order valence-electron chi connectivity index (χ1n) is 11.4. The summed E-state index contributed by atoms with van der Waals surface area (Å²) in [6, 6.07) is 12.2. The predicted octanol–water partition coefficient (Wildman–Crippen LogP) is 6.97. The molecule has 0 fully saturated rings. The number of aromatic nitrogens is 5. The maximum Gasteiger partial charge on any atom is 0.433 e. The van der Waals surface area contributed by atoms with E-state index in [0.29, 0.717) is 37.7 Å². The minimum absolute atomic E-state index is 0.0470. The lowest BCUT2D eigenvalue weighted by atomic mass is 10.1. The third-order valence-corrected chi connectivity index (χ3v) is 6.65. The van der Waals surface area contributed by atoms with Crippen LogP contribution in [0.5, 0.6) is 0 Å². The Morgan fingerprint density at radius 1 is 1.00 bits per heavy atom. The van der Waals surface area contributed by atoms with E-state index in [1.807, 2.05) is 0 Å². The second kappa shape index (κ2) is 9.97. The van der Waals surface area contributed by atoms with Crippen LogP contribution >= 0.6 is 23.2 Å². The van der Waals surface area contributed by atoms with Gasteiger partial charge < -0.3 is 5.32 Å². The smallest absolute Gasteiger partial charge is 0.317 e. The summed E-state index contributed by atoms with van der Waals surface area (Å²) in [5, 5.41) is 11.6. The second-order valence-electron chi connectivity index (χ2n) is 8.72. The van der Waals surface area contributed by atoms with Crippen molar-refractivity contribution in [3.8, 4) is 11.3 Å². The van der Waals surface area contributed by atoms with Gasteiger partial charge in [0.05, 0.1) is 29.3 Å². The molecule has 5 rings (SSSR count). The molecule has 0 radical (unpaired) electrons. The summed E-state index contributed by atoms with van der Waals surface area (Å²) < 4.78 is 57.3. The van der Waals surface area contributed by atoms with Gasteiger partial charge in [-0.25, -0.2) is 13.9 Å². The molecule has 1 amide bonds. The van der Waals surface area contributed by atoms with Crippen LogP contribution in [-0.2, 0) is 12.7 Å². The van der Waals surface area contributed by atoms with Crippen LogP contribution in [0, 0.1) is 19.7 Å². The molecule has 13 heteroatoms. The van der Waals surface area contributed by atoms with Crippen molar-refractivity contribution in [1.82, 2.24) is 24.4 Å². The van der Waals surface area contributed by atoms with E-state index >= 15 is 0 Å². The van der Waals surface area contributed by atoms with Gasteiger partial charge in [0, 0.05) is 21.7 Å². The molecule has 0 bridgehead atoms. The van der Waals surface area contributed by atoms with E-state index in [0.717, 1.165) is 6.07 Å². The monoisotopic (exact) mass is 576 g/mol. The van der Waals surface area contributed by atoms with Crippen molar-refractivity contribution < 1.29 is 22.4 Å². The van der Waals surface area contributed by atoms with E-state index < -0.39 is 23.6 Å². The van der Waals surface area contributed by atoms with E-state index in [-0.39, 0.29) is 28.6 Å². The molecule has 0 unspecified atom stereocenters. The highest BCUT2D eigenvalue weighted by Gasteiger charge is 2.35. The molecule has 0 saturated carbocycles. The molecule has 1 N–H and O–H groups in total. The Bertz CT molecular complexity index is 1730. The lowest BCUT2D eigenvalue weighted by molar-refractivity contribution is -0.142. The number of benzene rings is 2. The first-order chi connectivity index (χ1) is 18.4. The number of anilines is 1. The summed E-state index contributed by atoms with van der Waals surface area (Å²) in [6.45, 7) is 3.58. The maximum absolute atomic E-state index is 13.9. The quantitative estimate of drug-likeness (QED) is 0.229. The third-order valence-electron chi connectivity index (χ3n) is 6.05. The number of fused-ring (bicyclic) bond motifs is 1. The molecule has 0 aliphatic carbocycles. The van der Waals surface area contributed by atoms with Crippen LogP contribution in [0.2, 0.25) is 10.0 Å². The zero-order valence-corrected chi connectivity index (χ0v) is 21.8. The van der Waals surface area contributed by atoms with Crippen molar-refractivity contribution in [3.63, 3.8) is 0 Å². The zero-order valence-electron chi connectivity index (χ0n) is 20.3. The topological polar surface area (TPSA) is 77.1 Å². The number of carbonyl (C=O) groups excluding carboxylic acids is 1. The number of nitrogens with zero attached hydrogens (tertiary/aromatic N) is 5. The van der Waals surface area contributed by atoms with Crippen molar-refractivity contribution in [2.75, 3.05) is 5.32 Å². The number of hydrogen-bond acceptors (Lipinski definition) is 4. The summed E-state index contributed by atoms with van der Waals surface area (Å²) in [6.07, 6.45) is -4.77. The molecule has 2 aromatic carbocycles. The van der Waals surface area contributed by atoms with Crippen molar-refractivity contribution in [2.45, 2.75) is 26.6 Å². The summed E-state index contributed by atoms with van der Waals surface area (Å²) in [5.74, 6) is -1.21. The SMILES string of the molecule is Cc1nn(Cc2ccc(F)cc2Cl)c(C)c1NC(=O)c1cc2nc(-c3ccc(Cl)cc3)cc(C(F)(F)F)n2n1. The highest BCUT2D eigenvalue weighted by Crippen LogP contribution is 2.33. The molecule has 3 heterocycles. The van der Waals surface area contributed by atoms with Gasteiger partial charge in [-0.1, -0.05) is 41.4 Å². The molecule has 39 heavy (non-hydrogen) atoms.